The van der Waals surface area contributed by atoms with Gasteiger partial charge >= 0.3 is 0 Å². The molecule has 0 amide bonds. The van der Waals surface area contributed by atoms with Crippen LogP contribution in [-0.2, 0) is 0 Å². The van der Waals surface area contributed by atoms with Gasteiger partial charge in [-0.1, -0.05) is 23.7 Å². The molecule has 1 aromatic heterocycles. The van der Waals surface area contributed by atoms with Crippen molar-refractivity contribution in [1.82, 2.24) is 9.97 Å². The number of nitrogen functional groups attached to an aromatic ring is 1. The first-order valence-electron chi connectivity index (χ1n) is 8.46. The highest BCUT2D eigenvalue weighted by atomic mass is 35.5. The van der Waals surface area contributed by atoms with Crippen LogP contribution in [0.15, 0.2) is 48.5 Å². The van der Waals surface area contributed by atoms with E-state index >= 15 is 0 Å². The van der Waals surface area contributed by atoms with E-state index in [-0.39, 0.29) is 0 Å². The fourth-order valence-corrected chi connectivity index (χ4v) is 3.43. The van der Waals surface area contributed by atoms with Crippen LogP contribution in [0.5, 0.6) is 0 Å². The summed E-state index contributed by atoms with van der Waals surface area (Å²) < 4.78 is 0. The predicted octanol–water partition coefficient (Wildman–Crippen LogP) is 3.80. The second kappa shape index (κ2) is 6.76. The fourth-order valence-electron chi connectivity index (χ4n) is 3.30. The highest BCUT2D eigenvalue weighted by Crippen LogP contribution is 2.25. The zero-order chi connectivity index (χ0) is 17.2. The summed E-state index contributed by atoms with van der Waals surface area (Å²) in [7, 11) is 0. The fraction of sp³-hybridized carbons (Fsp3) is 0.263. The topological polar surface area (TPSA) is 67.1 Å². The largest absolute Gasteiger partial charge is 0.383 e. The number of fused-ring (bicyclic) bond motifs is 1. The second-order valence-electron chi connectivity index (χ2n) is 6.41. The monoisotopic (exact) mass is 353 g/mol. The quantitative estimate of drug-likeness (QED) is 0.746. The summed E-state index contributed by atoms with van der Waals surface area (Å²) in [5.74, 6) is 1.66. The number of nitrogens with one attached hydrogen (secondary N) is 1. The molecular formula is C19H20ClN5. The summed E-state index contributed by atoms with van der Waals surface area (Å²) in [6.45, 7) is 2.90. The number of hydrogen-bond donors (Lipinski definition) is 2. The minimum absolute atomic E-state index is 0.516. The summed E-state index contributed by atoms with van der Waals surface area (Å²) in [4.78, 5) is 11.3. The summed E-state index contributed by atoms with van der Waals surface area (Å²) >= 11 is 5.97. The van der Waals surface area contributed by atoms with Crippen LogP contribution in [0, 0.1) is 5.92 Å². The summed E-state index contributed by atoms with van der Waals surface area (Å²) in [6, 6.07) is 15.8. The number of anilines is 3. The van der Waals surface area contributed by atoms with Gasteiger partial charge in [-0.3, -0.25) is 0 Å². The minimum atomic E-state index is 0.516. The van der Waals surface area contributed by atoms with E-state index in [1.807, 2.05) is 36.4 Å². The molecule has 6 heteroatoms. The van der Waals surface area contributed by atoms with Crippen LogP contribution in [0.3, 0.4) is 0 Å². The van der Waals surface area contributed by atoms with Crippen LogP contribution < -0.4 is 16.0 Å². The van der Waals surface area contributed by atoms with Gasteiger partial charge in [-0.25, -0.2) is 4.98 Å². The maximum atomic E-state index is 6.04. The lowest BCUT2D eigenvalue weighted by Crippen LogP contribution is -2.22. The van der Waals surface area contributed by atoms with Gasteiger partial charge in [0.05, 0.1) is 5.52 Å². The van der Waals surface area contributed by atoms with E-state index in [2.05, 4.69) is 32.3 Å². The molecule has 0 aliphatic carbocycles. The summed E-state index contributed by atoms with van der Waals surface area (Å²) in [5.41, 5.74) is 8.13. The van der Waals surface area contributed by atoms with Gasteiger partial charge < -0.3 is 16.0 Å². The molecule has 2 aromatic carbocycles. The number of halogens is 1. The maximum Gasteiger partial charge on any atom is 0.225 e. The molecule has 1 fully saturated rings. The van der Waals surface area contributed by atoms with Gasteiger partial charge in [0.2, 0.25) is 5.95 Å². The van der Waals surface area contributed by atoms with Crippen LogP contribution in [0.2, 0.25) is 5.02 Å². The van der Waals surface area contributed by atoms with Crippen molar-refractivity contribution in [1.29, 1.82) is 0 Å². The third-order valence-corrected chi connectivity index (χ3v) is 4.91. The maximum absolute atomic E-state index is 6.04. The highest BCUT2D eigenvalue weighted by molar-refractivity contribution is 6.30. The van der Waals surface area contributed by atoms with E-state index in [1.54, 1.807) is 0 Å². The molecular weight excluding hydrogens is 334 g/mol. The molecule has 2 heterocycles. The molecule has 1 saturated heterocycles. The average Bonchev–Trinajstić information content (AvgIpc) is 3.10. The lowest BCUT2D eigenvalue weighted by Gasteiger charge is -2.19. The minimum Gasteiger partial charge on any atom is -0.383 e. The highest BCUT2D eigenvalue weighted by Gasteiger charge is 2.22. The lowest BCUT2D eigenvalue weighted by atomic mass is 10.1. The zero-order valence-corrected chi connectivity index (χ0v) is 14.6. The Bertz CT molecular complexity index is 881. The zero-order valence-electron chi connectivity index (χ0n) is 13.8. The van der Waals surface area contributed by atoms with Crippen molar-refractivity contribution in [3.63, 3.8) is 0 Å². The van der Waals surface area contributed by atoms with Crippen molar-refractivity contribution in [2.75, 3.05) is 35.6 Å². The Morgan fingerprint density at radius 3 is 2.76 bits per heavy atom. The number of benzene rings is 2. The first-order valence-corrected chi connectivity index (χ1v) is 8.83. The molecule has 3 aromatic rings. The van der Waals surface area contributed by atoms with Crippen molar-refractivity contribution in [3.05, 3.63) is 53.6 Å². The molecule has 0 saturated carbocycles. The van der Waals surface area contributed by atoms with Gasteiger partial charge in [0.25, 0.3) is 0 Å². The first-order chi connectivity index (χ1) is 12.2. The van der Waals surface area contributed by atoms with E-state index in [0.717, 1.165) is 42.0 Å². The summed E-state index contributed by atoms with van der Waals surface area (Å²) in [6.07, 6.45) is 1.14. The number of para-hydroxylation sites is 1. The molecule has 1 aliphatic rings. The SMILES string of the molecule is Nc1nc(NCC2CCN(c3ccc(Cl)cc3)C2)nc2ccccc12. The first kappa shape index (κ1) is 16.0. The van der Waals surface area contributed by atoms with Crippen LogP contribution >= 0.6 is 11.6 Å². The van der Waals surface area contributed by atoms with Gasteiger partial charge in [-0.05, 0) is 48.7 Å². The Morgan fingerprint density at radius 1 is 1.12 bits per heavy atom. The summed E-state index contributed by atoms with van der Waals surface area (Å²) in [5, 5.41) is 5.01. The molecule has 128 valence electrons. The molecule has 1 aliphatic heterocycles. The van der Waals surface area contributed by atoms with E-state index in [0.29, 0.717) is 17.7 Å². The molecule has 1 unspecified atom stereocenters. The van der Waals surface area contributed by atoms with Crippen molar-refractivity contribution in [2.24, 2.45) is 5.92 Å². The van der Waals surface area contributed by atoms with Gasteiger partial charge in [-0.15, -0.1) is 0 Å². The molecule has 0 bridgehead atoms. The van der Waals surface area contributed by atoms with Gasteiger partial charge in [0, 0.05) is 35.7 Å². The van der Waals surface area contributed by atoms with Crippen molar-refractivity contribution in [3.8, 4) is 0 Å². The van der Waals surface area contributed by atoms with E-state index in [1.165, 1.54) is 5.69 Å². The van der Waals surface area contributed by atoms with Crippen LogP contribution in [-0.4, -0.2) is 29.6 Å². The third kappa shape index (κ3) is 3.46. The number of aromatic nitrogens is 2. The normalized spacial score (nSPS) is 17.2. The molecule has 3 N–H and O–H groups in total. The van der Waals surface area contributed by atoms with Crippen molar-refractivity contribution in [2.45, 2.75) is 6.42 Å². The smallest absolute Gasteiger partial charge is 0.225 e. The van der Waals surface area contributed by atoms with Gasteiger partial charge in [-0.2, -0.15) is 4.98 Å². The Balaban J connectivity index is 1.40. The predicted molar refractivity (Wildman–Crippen MR) is 104 cm³/mol. The molecule has 25 heavy (non-hydrogen) atoms. The number of hydrogen-bond acceptors (Lipinski definition) is 5. The molecule has 0 radical (unpaired) electrons. The Hall–Kier alpha value is -2.53. The molecule has 0 spiro atoms. The third-order valence-electron chi connectivity index (χ3n) is 4.66. The Morgan fingerprint density at radius 2 is 1.92 bits per heavy atom. The van der Waals surface area contributed by atoms with E-state index in [9.17, 15) is 0 Å². The van der Waals surface area contributed by atoms with Crippen LogP contribution in [0.25, 0.3) is 10.9 Å². The number of rotatable bonds is 4. The van der Waals surface area contributed by atoms with Crippen molar-refractivity contribution < 1.29 is 0 Å². The van der Waals surface area contributed by atoms with Crippen LogP contribution in [0.1, 0.15) is 6.42 Å². The Kier molecular flexibility index (Phi) is 4.32. The molecule has 1 atom stereocenters. The number of nitrogens with zero attached hydrogens (tertiary/aromatic N) is 3. The van der Waals surface area contributed by atoms with E-state index in [4.69, 9.17) is 17.3 Å². The second-order valence-corrected chi connectivity index (χ2v) is 6.84. The van der Waals surface area contributed by atoms with Crippen LogP contribution in [0.4, 0.5) is 17.5 Å². The number of nitrogens with two attached hydrogens (primary N) is 1. The average molecular weight is 354 g/mol. The standard InChI is InChI=1S/C19H20ClN5/c20-14-5-7-15(8-6-14)25-10-9-13(12-25)11-22-19-23-17-4-2-1-3-16(17)18(21)24-19/h1-8,13H,9-12H2,(H3,21,22,23,24). The molecule has 4 rings (SSSR count). The van der Waals surface area contributed by atoms with Crippen molar-refractivity contribution >= 4 is 40.0 Å². The van der Waals surface area contributed by atoms with Gasteiger partial charge in [0.15, 0.2) is 0 Å². The lowest BCUT2D eigenvalue weighted by molar-refractivity contribution is 0.620. The van der Waals surface area contributed by atoms with E-state index < -0.39 is 0 Å². The Labute approximate surface area is 151 Å². The van der Waals surface area contributed by atoms with Gasteiger partial charge in [0.1, 0.15) is 5.82 Å². The molecule has 5 nitrogen and oxygen atoms in total.